The fraction of sp³-hybridized carbons (Fsp3) is 0.636. The number of carbonyl (C=O) groups excluding carboxylic acids is 3. The zero-order valence-corrected chi connectivity index (χ0v) is 11.4. The number of Topliss-reactive ketones (excluding diaryl/α,β-unsaturated/α-hetero) is 1. The van der Waals surface area contributed by atoms with E-state index < -0.39 is 29.6 Å². The number of aliphatic carboxylic acids is 1. The lowest BCUT2D eigenvalue weighted by atomic mass is 10.0. The lowest BCUT2D eigenvalue weighted by molar-refractivity contribution is -0.144. The quantitative estimate of drug-likeness (QED) is 0.654. The van der Waals surface area contributed by atoms with E-state index in [2.05, 4.69) is 5.32 Å². The average Bonchev–Trinajstić information content (AvgIpc) is 2.31. The van der Waals surface area contributed by atoms with Gasteiger partial charge in [0.1, 0.15) is 6.04 Å². The fourth-order valence-electron chi connectivity index (χ4n) is 1.01. The summed E-state index contributed by atoms with van der Waals surface area (Å²) in [6, 6.07) is -1.24. The molecule has 2 unspecified atom stereocenters. The van der Waals surface area contributed by atoms with Gasteiger partial charge in [0.05, 0.1) is 0 Å². The summed E-state index contributed by atoms with van der Waals surface area (Å²) in [5.41, 5.74) is 0. The molecule has 2 atom stereocenters. The molecule has 0 spiro atoms. The van der Waals surface area contributed by atoms with Gasteiger partial charge >= 0.3 is 5.97 Å². The second kappa shape index (κ2) is 7.86. The first kappa shape index (κ1) is 16.6. The molecule has 0 aromatic rings. The second-order valence-corrected chi connectivity index (χ2v) is 5.04. The first-order valence-electron chi connectivity index (χ1n) is 5.50. The Balaban J connectivity index is 4.50. The van der Waals surface area contributed by atoms with Crippen LogP contribution in [0.25, 0.3) is 0 Å². The summed E-state index contributed by atoms with van der Waals surface area (Å²) < 4.78 is 0. The Kier molecular flexibility index (Phi) is 7.26. The van der Waals surface area contributed by atoms with Crippen LogP contribution in [0, 0.1) is 5.92 Å². The maximum atomic E-state index is 11.5. The molecule has 18 heavy (non-hydrogen) atoms. The Morgan fingerprint density at radius 3 is 2.22 bits per heavy atom. The van der Waals surface area contributed by atoms with E-state index in [-0.39, 0.29) is 10.9 Å². The van der Waals surface area contributed by atoms with Crippen molar-refractivity contribution in [3.63, 3.8) is 0 Å². The highest BCUT2D eigenvalue weighted by molar-refractivity contribution is 8.13. The molecule has 0 aromatic carbocycles. The third-order valence-electron chi connectivity index (χ3n) is 2.34. The largest absolute Gasteiger partial charge is 0.480 e. The molecule has 1 amide bonds. The van der Waals surface area contributed by atoms with Gasteiger partial charge in [-0.15, -0.1) is 0 Å². The molecule has 0 bridgehead atoms. The number of hydrogen-bond acceptors (Lipinski definition) is 5. The van der Waals surface area contributed by atoms with Crippen LogP contribution in [-0.2, 0) is 19.2 Å². The van der Waals surface area contributed by atoms with Crippen LogP contribution in [0.2, 0.25) is 0 Å². The molecule has 0 saturated carbocycles. The number of hydrogen-bond donors (Lipinski definition) is 2. The maximum absolute atomic E-state index is 11.5. The normalized spacial score (nSPS) is 13.5. The minimum absolute atomic E-state index is 0.0931. The van der Waals surface area contributed by atoms with E-state index in [1.807, 2.05) is 0 Å². The first-order valence-corrected chi connectivity index (χ1v) is 6.49. The summed E-state index contributed by atoms with van der Waals surface area (Å²) in [6.07, 6.45) is 0.506. The van der Waals surface area contributed by atoms with Crippen LogP contribution in [0.5, 0.6) is 0 Å². The van der Waals surface area contributed by atoms with Crippen LogP contribution in [0.1, 0.15) is 27.2 Å². The zero-order chi connectivity index (χ0) is 14.3. The third-order valence-corrected chi connectivity index (χ3v) is 3.25. The lowest BCUT2D eigenvalue weighted by Crippen LogP contribution is -2.46. The number of amides is 1. The number of thioether (sulfide) groups is 1. The zero-order valence-electron chi connectivity index (χ0n) is 10.6. The highest BCUT2D eigenvalue weighted by atomic mass is 32.2. The van der Waals surface area contributed by atoms with E-state index in [0.29, 0.717) is 6.42 Å². The molecule has 0 aromatic heterocycles. The van der Waals surface area contributed by atoms with Crippen LogP contribution in [0.4, 0.5) is 0 Å². The lowest BCUT2D eigenvalue weighted by Gasteiger charge is -2.14. The second-order valence-electron chi connectivity index (χ2n) is 3.84. The van der Waals surface area contributed by atoms with Gasteiger partial charge in [-0.2, -0.15) is 0 Å². The fourth-order valence-corrected chi connectivity index (χ4v) is 1.64. The molecule has 0 saturated heterocycles. The highest BCUT2D eigenvalue weighted by Gasteiger charge is 2.26. The van der Waals surface area contributed by atoms with E-state index in [1.165, 1.54) is 6.92 Å². The summed E-state index contributed by atoms with van der Waals surface area (Å²) in [5.74, 6) is -3.36. The van der Waals surface area contributed by atoms with Crippen molar-refractivity contribution in [2.45, 2.75) is 33.2 Å². The summed E-state index contributed by atoms with van der Waals surface area (Å²) in [7, 11) is 0. The van der Waals surface area contributed by atoms with Crippen LogP contribution >= 0.6 is 11.8 Å². The van der Waals surface area contributed by atoms with E-state index >= 15 is 0 Å². The monoisotopic (exact) mass is 275 g/mol. The van der Waals surface area contributed by atoms with Gasteiger partial charge in [-0.3, -0.25) is 14.4 Å². The molecule has 0 heterocycles. The minimum atomic E-state index is -1.27. The SMILES string of the molecule is CCC(C)C(=O)C(=O)NC(CSC(C)=O)C(=O)O. The van der Waals surface area contributed by atoms with Gasteiger partial charge in [0, 0.05) is 18.6 Å². The van der Waals surface area contributed by atoms with Crippen molar-refractivity contribution in [3.8, 4) is 0 Å². The van der Waals surface area contributed by atoms with Crippen LogP contribution in [0.15, 0.2) is 0 Å². The molecule has 0 aliphatic heterocycles. The molecular formula is C11H17NO5S. The van der Waals surface area contributed by atoms with Crippen LogP contribution in [-0.4, -0.2) is 39.7 Å². The number of rotatable bonds is 7. The van der Waals surface area contributed by atoms with Crippen molar-refractivity contribution >= 4 is 34.5 Å². The van der Waals surface area contributed by atoms with E-state index in [1.54, 1.807) is 13.8 Å². The van der Waals surface area contributed by atoms with Gasteiger partial charge in [0.2, 0.25) is 5.78 Å². The Hall–Kier alpha value is -1.37. The molecule has 0 aliphatic rings. The molecule has 0 radical (unpaired) electrons. The van der Waals surface area contributed by atoms with Crippen LogP contribution < -0.4 is 5.32 Å². The third kappa shape index (κ3) is 5.81. The molecule has 102 valence electrons. The van der Waals surface area contributed by atoms with Crippen molar-refractivity contribution in [2.75, 3.05) is 5.75 Å². The van der Waals surface area contributed by atoms with E-state index in [0.717, 1.165) is 11.8 Å². The van der Waals surface area contributed by atoms with Gasteiger partial charge in [-0.05, 0) is 6.42 Å². The number of ketones is 1. The Morgan fingerprint density at radius 2 is 1.83 bits per heavy atom. The van der Waals surface area contributed by atoms with E-state index in [9.17, 15) is 19.2 Å². The Morgan fingerprint density at radius 1 is 1.28 bits per heavy atom. The summed E-state index contributed by atoms with van der Waals surface area (Å²) in [6.45, 7) is 4.66. The molecular weight excluding hydrogens is 258 g/mol. The first-order chi connectivity index (χ1) is 8.29. The average molecular weight is 275 g/mol. The highest BCUT2D eigenvalue weighted by Crippen LogP contribution is 2.06. The van der Waals surface area contributed by atoms with Crippen molar-refractivity contribution < 1.29 is 24.3 Å². The molecule has 0 aliphatic carbocycles. The Bertz CT molecular complexity index is 355. The smallest absolute Gasteiger partial charge is 0.327 e. The van der Waals surface area contributed by atoms with Crippen molar-refractivity contribution in [3.05, 3.63) is 0 Å². The predicted molar refractivity (Wildman–Crippen MR) is 67.2 cm³/mol. The molecule has 6 nitrogen and oxygen atoms in total. The van der Waals surface area contributed by atoms with Crippen LogP contribution in [0.3, 0.4) is 0 Å². The Labute approximate surface area is 110 Å². The van der Waals surface area contributed by atoms with Crippen molar-refractivity contribution in [1.82, 2.24) is 5.32 Å². The van der Waals surface area contributed by atoms with E-state index in [4.69, 9.17) is 5.11 Å². The summed E-state index contributed by atoms with van der Waals surface area (Å²) in [4.78, 5) is 44.6. The minimum Gasteiger partial charge on any atom is -0.480 e. The topological polar surface area (TPSA) is 101 Å². The van der Waals surface area contributed by atoms with Gasteiger partial charge in [-0.25, -0.2) is 4.79 Å². The van der Waals surface area contributed by atoms with Gasteiger partial charge in [0.25, 0.3) is 5.91 Å². The standard InChI is InChI=1S/C11H17NO5S/c1-4-6(2)9(14)10(15)12-8(11(16)17)5-18-7(3)13/h6,8H,4-5H2,1-3H3,(H,12,15)(H,16,17). The summed E-state index contributed by atoms with van der Waals surface area (Å²) >= 11 is 0.790. The number of nitrogens with one attached hydrogen (secondary N) is 1. The predicted octanol–water partition coefficient (Wildman–Crippen LogP) is 0.451. The summed E-state index contributed by atoms with van der Waals surface area (Å²) in [5, 5.41) is 10.7. The van der Waals surface area contributed by atoms with Gasteiger partial charge < -0.3 is 10.4 Å². The van der Waals surface area contributed by atoms with Gasteiger partial charge in [0.15, 0.2) is 5.12 Å². The number of carboxylic acids is 1. The number of carboxylic acid groups (broad SMARTS) is 1. The molecule has 7 heteroatoms. The molecule has 2 N–H and O–H groups in total. The maximum Gasteiger partial charge on any atom is 0.327 e. The van der Waals surface area contributed by atoms with Crippen molar-refractivity contribution in [2.24, 2.45) is 5.92 Å². The molecule has 0 fully saturated rings. The number of carbonyl (C=O) groups is 4. The van der Waals surface area contributed by atoms with Crippen molar-refractivity contribution in [1.29, 1.82) is 0 Å². The van der Waals surface area contributed by atoms with Gasteiger partial charge in [-0.1, -0.05) is 25.6 Å². The molecule has 0 rings (SSSR count).